The summed E-state index contributed by atoms with van der Waals surface area (Å²) in [5, 5.41) is 15.2. The fourth-order valence-corrected chi connectivity index (χ4v) is 1.86. The molecule has 0 spiro atoms. The van der Waals surface area contributed by atoms with E-state index in [1.54, 1.807) is 12.1 Å². The third kappa shape index (κ3) is 3.43. The maximum atomic E-state index is 10.6. The molecule has 1 aromatic carbocycles. The van der Waals surface area contributed by atoms with E-state index in [0.29, 0.717) is 21.3 Å². The molecule has 2 rings (SSSR count). The van der Waals surface area contributed by atoms with Gasteiger partial charge >= 0.3 is 0 Å². The number of hydrogen-bond acceptors (Lipinski definition) is 5. The van der Waals surface area contributed by atoms with Gasteiger partial charge in [-0.25, -0.2) is 0 Å². The predicted molar refractivity (Wildman–Crippen MR) is 78.6 cm³/mol. The molecule has 0 saturated heterocycles. The van der Waals surface area contributed by atoms with E-state index in [4.69, 9.17) is 23.2 Å². The van der Waals surface area contributed by atoms with Crippen molar-refractivity contribution in [2.45, 2.75) is 0 Å². The summed E-state index contributed by atoms with van der Waals surface area (Å²) in [4.78, 5) is 14.0. The topological polar surface area (TPSA) is 80.4 Å². The molecule has 20 heavy (non-hydrogen) atoms. The molecule has 0 radical (unpaired) electrons. The van der Waals surface area contributed by atoms with E-state index in [0.717, 1.165) is 0 Å². The molecule has 1 N–H and O–H groups in total. The fourth-order valence-electron chi connectivity index (χ4n) is 1.41. The number of benzene rings is 1. The molecule has 8 heteroatoms. The molecule has 0 saturated carbocycles. The second kappa shape index (κ2) is 6.31. The number of nitro groups is 1. The van der Waals surface area contributed by atoms with Crippen LogP contribution in [-0.2, 0) is 0 Å². The number of nitrogens with zero attached hydrogens (tertiary/aromatic N) is 3. The molecule has 0 amide bonds. The SMILES string of the molecule is O=[N+]([O-])c1cccc(C=NNc2c(Cl)cncc2Cl)c1. The first-order valence-corrected chi connectivity index (χ1v) is 6.16. The Morgan fingerprint density at radius 3 is 2.65 bits per heavy atom. The molecular formula is C12H8Cl2N4O2. The van der Waals surface area contributed by atoms with Crippen molar-refractivity contribution in [3.05, 3.63) is 62.4 Å². The van der Waals surface area contributed by atoms with E-state index in [2.05, 4.69) is 15.5 Å². The first-order valence-electron chi connectivity index (χ1n) is 5.40. The standard InChI is InChI=1S/C12H8Cl2N4O2/c13-10-6-15-7-11(14)12(10)17-16-5-8-2-1-3-9(4-8)18(19)20/h1-7H,(H,15,17). The Morgan fingerprint density at radius 1 is 1.30 bits per heavy atom. The monoisotopic (exact) mass is 310 g/mol. The lowest BCUT2D eigenvalue weighted by molar-refractivity contribution is -0.384. The summed E-state index contributed by atoms with van der Waals surface area (Å²) in [6, 6.07) is 6.07. The van der Waals surface area contributed by atoms with Gasteiger partial charge in [-0.3, -0.25) is 20.5 Å². The summed E-state index contributed by atoms with van der Waals surface area (Å²) in [5.74, 6) is 0. The largest absolute Gasteiger partial charge is 0.275 e. The van der Waals surface area contributed by atoms with Gasteiger partial charge in [0.2, 0.25) is 0 Å². The van der Waals surface area contributed by atoms with Crippen LogP contribution in [0.1, 0.15) is 5.56 Å². The van der Waals surface area contributed by atoms with E-state index < -0.39 is 4.92 Å². The summed E-state index contributed by atoms with van der Waals surface area (Å²) in [7, 11) is 0. The number of halogens is 2. The Morgan fingerprint density at radius 2 is 2.00 bits per heavy atom. The number of anilines is 1. The molecule has 0 bridgehead atoms. The fraction of sp³-hybridized carbons (Fsp3) is 0. The number of hydrogen-bond donors (Lipinski definition) is 1. The lowest BCUT2D eigenvalue weighted by Gasteiger charge is -2.04. The van der Waals surface area contributed by atoms with Crippen molar-refractivity contribution in [1.82, 2.24) is 4.98 Å². The van der Waals surface area contributed by atoms with Crippen LogP contribution in [0, 0.1) is 10.1 Å². The number of nitrogens with one attached hydrogen (secondary N) is 1. The minimum absolute atomic E-state index is 0.00562. The van der Waals surface area contributed by atoms with Crippen molar-refractivity contribution in [3.63, 3.8) is 0 Å². The first kappa shape index (κ1) is 14.2. The summed E-state index contributed by atoms with van der Waals surface area (Å²) >= 11 is 11.8. The van der Waals surface area contributed by atoms with E-state index in [1.807, 2.05) is 0 Å². The Labute approximate surface area is 124 Å². The zero-order valence-corrected chi connectivity index (χ0v) is 11.5. The van der Waals surface area contributed by atoms with Gasteiger partial charge in [-0.1, -0.05) is 35.3 Å². The minimum Gasteiger partial charge on any atom is -0.275 e. The Balaban J connectivity index is 2.14. The molecule has 0 atom stereocenters. The van der Waals surface area contributed by atoms with Crippen molar-refractivity contribution in [1.29, 1.82) is 0 Å². The van der Waals surface area contributed by atoms with Crippen LogP contribution in [0.2, 0.25) is 10.0 Å². The highest BCUT2D eigenvalue weighted by molar-refractivity contribution is 6.38. The summed E-state index contributed by atoms with van der Waals surface area (Å²) in [5.41, 5.74) is 3.67. The average Bonchev–Trinajstić information content (AvgIpc) is 2.42. The van der Waals surface area contributed by atoms with Crippen molar-refractivity contribution < 1.29 is 4.92 Å². The van der Waals surface area contributed by atoms with Crippen LogP contribution in [0.25, 0.3) is 0 Å². The van der Waals surface area contributed by atoms with Gasteiger partial charge in [0.05, 0.1) is 26.9 Å². The van der Waals surface area contributed by atoms with Gasteiger partial charge in [-0.2, -0.15) is 5.10 Å². The van der Waals surface area contributed by atoms with Crippen LogP contribution in [0.4, 0.5) is 11.4 Å². The molecule has 0 aliphatic heterocycles. The number of hydrazone groups is 1. The van der Waals surface area contributed by atoms with Gasteiger partial charge in [0.1, 0.15) is 0 Å². The quantitative estimate of drug-likeness (QED) is 0.530. The van der Waals surface area contributed by atoms with Crippen LogP contribution in [0.3, 0.4) is 0 Å². The Hall–Kier alpha value is -2.18. The van der Waals surface area contributed by atoms with Gasteiger partial charge in [0.25, 0.3) is 5.69 Å². The van der Waals surface area contributed by atoms with Crippen molar-refractivity contribution >= 4 is 40.8 Å². The Kier molecular flexibility index (Phi) is 4.49. The Bertz CT molecular complexity index is 656. The molecule has 1 heterocycles. The molecule has 0 fully saturated rings. The molecule has 1 aromatic heterocycles. The highest BCUT2D eigenvalue weighted by Crippen LogP contribution is 2.28. The van der Waals surface area contributed by atoms with Crippen LogP contribution >= 0.6 is 23.2 Å². The van der Waals surface area contributed by atoms with Gasteiger partial charge in [0.15, 0.2) is 0 Å². The van der Waals surface area contributed by atoms with E-state index >= 15 is 0 Å². The van der Waals surface area contributed by atoms with Crippen LogP contribution < -0.4 is 5.43 Å². The molecule has 0 aliphatic rings. The van der Waals surface area contributed by atoms with Crippen LogP contribution in [0.15, 0.2) is 41.8 Å². The van der Waals surface area contributed by atoms with E-state index in [1.165, 1.54) is 30.7 Å². The van der Waals surface area contributed by atoms with E-state index in [9.17, 15) is 10.1 Å². The van der Waals surface area contributed by atoms with Crippen molar-refractivity contribution in [3.8, 4) is 0 Å². The minimum atomic E-state index is -0.471. The second-order valence-electron chi connectivity index (χ2n) is 3.70. The highest BCUT2D eigenvalue weighted by Gasteiger charge is 2.05. The molecule has 102 valence electrons. The number of aromatic nitrogens is 1. The molecule has 0 unspecified atom stereocenters. The zero-order valence-electron chi connectivity index (χ0n) is 9.96. The summed E-state index contributed by atoms with van der Waals surface area (Å²) in [6.07, 6.45) is 4.29. The zero-order chi connectivity index (χ0) is 14.5. The van der Waals surface area contributed by atoms with Gasteiger partial charge in [-0.15, -0.1) is 0 Å². The van der Waals surface area contributed by atoms with Crippen molar-refractivity contribution in [2.75, 3.05) is 5.43 Å². The molecule has 2 aromatic rings. The lowest BCUT2D eigenvalue weighted by atomic mass is 10.2. The third-order valence-electron chi connectivity index (χ3n) is 2.32. The van der Waals surface area contributed by atoms with Crippen LogP contribution in [0.5, 0.6) is 0 Å². The average molecular weight is 311 g/mol. The number of rotatable bonds is 4. The summed E-state index contributed by atoms with van der Waals surface area (Å²) < 4.78 is 0. The number of nitro benzene ring substituents is 1. The first-order chi connectivity index (χ1) is 9.58. The van der Waals surface area contributed by atoms with Gasteiger partial charge < -0.3 is 0 Å². The lowest BCUT2D eigenvalue weighted by Crippen LogP contribution is -1.94. The number of pyridine rings is 1. The van der Waals surface area contributed by atoms with Crippen molar-refractivity contribution in [2.24, 2.45) is 5.10 Å². The third-order valence-corrected chi connectivity index (χ3v) is 2.90. The molecule has 0 aliphatic carbocycles. The number of non-ortho nitro benzene ring substituents is 1. The smallest absolute Gasteiger partial charge is 0.270 e. The highest BCUT2D eigenvalue weighted by atomic mass is 35.5. The maximum Gasteiger partial charge on any atom is 0.270 e. The second-order valence-corrected chi connectivity index (χ2v) is 4.51. The van der Waals surface area contributed by atoms with Gasteiger partial charge in [0, 0.05) is 30.1 Å². The molecular weight excluding hydrogens is 303 g/mol. The molecule has 6 nitrogen and oxygen atoms in total. The predicted octanol–water partition coefficient (Wildman–Crippen LogP) is 3.74. The summed E-state index contributed by atoms with van der Waals surface area (Å²) in [6.45, 7) is 0. The maximum absolute atomic E-state index is 10.6. The van der Waals surface area contributed by atoms with E-state index in [-0.39, 0.29) is 5.69 Å². The van der Waals surface area contributed by atoms with Gasteiger partial charge in [-0.05, 0) is 0 Å². The van der Waals surface area contributed by atoms with Crippen LogP contribution in [-0.4, -0.2) is 16.1 Å². The normalized spacial score (nSPS) is 10.7.